The van der Waals surface area contributed by atoms with Gasteiger partial charge in [0.2, 0.25) is 0 Å². The number of aromatic nitrogens is 1. The molecule has 1 aromatic heterocycles. The Balaban J connectivity index is 2.27. The molecule has 3 nitrogen and oxygen atoms in total. The quantitative estimate of drug-likeness (QED) is 0.769. The highest BCUT2D eigenvalue weighted by molar-refractivity contribution is 6.69. The molecule has 1 aliphatic rings. The smallest absolute Gasteiger partial charge is 0.483 e. The zero-order chi connectivity index (χ0) is 16.4. The summed E-state index contributed by atoms with van der Waals surface area (Å²) in [6.07, 6.45) is 3.34. The van der Waals surface area contributed by atoms with Gasteiger partial charge < -0.3 is 4.74 Å². The molecular weight excluding hydrogens is 320 g/mol. The van der Waals surface area contributed by atoms with Crippen LogP contribution in [0.4, 0.5) is 8.63 Å². The lowest BCUT2D eigenvalue weighted by atomic mass is 9.99. The number of hydrogen-bond donors (Lipinski definition) is 0. The molecule has 0 bridgehead atoms. The number of ether oxygens (including phenoxy) is 1. The first-order valence-corrected chi connectivity index (χ1v) is 7.25. The predicted octanol–water partition coefficient (Wildman–Crippen LogP) is 4.24. The Morgan fingerprint density at radius 2 is 1.87 bits per heavy atom. The summed E-state index contributed by atoms with van der Waals surface area (Å²) in [6, 6.07) is 12.3. The first-order valence-electron chi connectivity index (χ1n) is 6.87. The van der Waals surface area contributed by atoms with Crippen molar-refractivity contribution in [3.05, 3.63) is 71.6 Å². The van der Waals surface area contributed by atoms with Gasteiger partial charge in [0.25, 0.3) is 0 Å². The topological polar surface area (TPSA) is 26.5 Å². The number of rotatable bonds is 4. The van der Waals surface area contributed by atoms with E-state index in [0.29, 0.717) is 22.1 Å². The van der Waals surface area contributed by atoms with E-state index in [1.165, 1.54) is 13.2 Å². The summed E-state index contributed by atoms with van der Waals surface area (Å²) in [4.78, 5) is 4.23. The monoisotopic (exact) mass is 332 g/mol. The van der Waals surface area contributed by atoms with E-state index in [2.05, 4.69) is 4.99 Å². The summed E-state index contributed by atoms with van der Waals surface area (Å²) in [5.41, 5.74) is 2.19. The minimum Gasteiger partial charge on any atom is -0.483 e. The van der Waals surface area contributed by atoms with E-state index < -0.39 is 7.40 Å². The zero-order valence-corrected chi connectivity index (χ0v) is 13.0. The average molecular weight is 333 g/mol. The molecule has 1 aliphatic heterocycles. The largest absolute Gasteiger partial charge is 0.680 e. The molecule has 1 aromatic carbocycles. The van der Waals surface area contributed by atoms with Crippen LogP contribution in [0.1, 0.15) is 11.3 Å². The Morgan fingerprint density at radius 1 is 1.13 bits per heavy atom. The Labute approximate surface area is 137 Å². The van der Waals surface area contributed by atoms with Crippen LogP contribution in [-0.2, 0) is 0 Å². The number of methoxy groups -OCH3 is 1. The molecule has 0 unspecified atom stereocenters. The van der Waals surface area contributed by atoms with E-state index in [0.717, 1.165) is 10.0 Å². The highest BCUT2D eigenvalue weighted by Crippen LogP contribution is 2.34. The molecule has 7 heteroatoms. The van der Waals surface area contributed by atoms with Gasteiger partial charge in [0.1, 0.15) is 5.17 Å². The number of benzene rings is 1. The molecule has 2 aromatic rings. The van der Waals surface area contributed by atoms with Crippen LogP contribution >= 0.6 is 11.6 Å². The summed E-state index contributed by atoms with van der Waals surface area (Å²) in [5, 5.41) is 0.315. The number of allylic oxidation sites excluding steroid dienone is 2. The van der Waals surface area contributed by atoms with E-state index in [4.69, 9.17) is 16.3 Å². The van der Waals surface area contributed by atoms with Crippen LogP contribution in [-0.4, -0.2) is 24.2 Å². The summed E-state index contributed by atoms with van der Waals surface area (Å²) in [6.45, 7) is 0. The normalized spacial score (nSPS) is 15.6. The zero-order valence-electron chi connectivity index (χ0n) is 12.2. The second-order valence-corrected chi connectivity index (χ2v) is 5.19. The number of halogens is 3. The Bertz CT molecular complexity index is 813. The molecule has 0 atom stereocenters. The lowest BCUT2D eigenvalue weighted by Gasteiger charge is -2.14. The van der Waals surface area contributed by atoms with Crippen molar-refractivity contribution >= 4 is 29.7 Å². The summed E-state index contributed by atoms with van der Waals surface area (Å²) >= 11 is 5.91. The number of nitrogens with zero attached hydrogens (tertiary/aromatic N) is 2. The number of aliphatic imine (C=N–C) groups is 1. The molecular formula is C16H12BClF2N2O. The molecule has 0 radical (unpaired) electrons. The fraction of sp³-hybridized carbons (Fsp3) is 0.0625. The van der Waals surface area contributed by atoms with Gasteiger partial charge >= 0.3 is 7.40 Å². The summed E-state index contributed by atoms with van der Waals surface area (Å²) in [5.74, 6) is 0.0843. The molecule has 0 amide bonds. The summed E-state index contributed by atoms with van der Waals surface area (Å²) in [7, 11) is -1.38. The predicted molar refractivity (Wildman–Crippen MR) is 89.2 cm³/mol. The van der Waals surface area contributed by atoms with Crippen molar-refractivity contribution in [2.24, 2.45) is 4.99 Å². The van der Waals surface area contributed by atoms with Crippen LogP contribution in [0.3, 0.4) is 0 Å². The Kier molecular flexibility index (Phi) is 4.34. The molecule has 23 heavy (non-hydrogen) atoms. The molecule has 0 N–H and O–H groups in total. The molecule has 0 saturated heterocycles. The molecule has 0 aliphatic carbocycles. The van der Waals surface area contributed by atoms with Gasteiger partial charge in [-0.25, -0.2) is 4.99 Å². The van der Waals surface area contributed by atoms with Crippen LogP contribution in [0.15, 0.2) is 65.3 Å². The van der Waals surface area contributed by atoms with Crippen molar-refractivity contribution in [3.63, 3.8) is 0 Å². The third-order valence-electron chi connectivity index (χ3n) is 3.47. The van der Waals surface area contributed by atoms with Crippen molar-refractivity contribution in [1.29, 1.82) is 0 Å². The van der Waals surface area contributed by atoms with Crippen molar-refractivity contribution in [1.82, 2.24) is 4.48 Å². The van der Waals surface area contributed by atoms with Gasteiger partial charge in [-0.3, -0.25) is 13.1 Å². The van der Waals surface area contributed by atoms with E-state index in [1.807, 2.05) is 30.3 Å². The number of hydrogen-bond acceptors (Lipinski definition) is 2. The molecule has 116 valence electrons. The maximum Gasteiger partial charge on any atom is 0.680 e. The minimum atomic E-state index is -2.74. The van der Waals surface area contributed by atoms with E-state index in [9.17, 15) is 8.63 Å². The minimum absolute atomic E-state index is 0.0843. The van der Waals surface area contributed by atoms with E-state index in [-0.39, 0.29) is 5.88 Å². The third-order valence-corrected chi connectivity index (χ3v) is 3.68. The summed E-state index contributed by atoms with van der Waals surface area (Å²) < 4.78 is 32.9. The van der Waals surface area contributed by atoms with Crippen LogP contribution in [0.25, 0.3) is 5.57 Å². The highest BCUT2D eigenvalue weighted by Gasteiger charge is 2.28. The van der Waals surface area contributed by atoms with Crippen LogP contribution in [0.2, 0.25) is 0 Å². The molecule has 0 spiro atoms. The van der Waals surface area contributed by atoms with Gasteiger partial charge in [-0.15, -0.1) is 0 Å². The van der Waals surface area contributed by atoms with E-state index in [1.54, 1.807) is 18.2 Å². The van der Waals surface area contributed by atoms with Crippen molar-refractivity contribution < 1.29 is 13.4 Å². The van der Waals surface area contributed by atoms with Crippen LogP contribution in [0.5, 0.6) is 5.88 Å². The Hall–Kier alpha value is -2.34. The standard InChI is InChI=1S/C16H12BClF2N2O/c1-23-15-10-8-13(22(15)17(19)20)16(11-5-3-2-4-6-11)12-7-9-14(18)21-12/h2-10H,1H3/b16-12-. The third kappa shape index (κ3) is 2.94. The van der Waals surface area contributed by atoms with E-state index >= 15 is 0 Å². The SMILES string of the molecule is COc1ccc(/C(=C2/C=CC(Cl)=N2)c2ccccc2)n1B(F)F. The molecule has 0 saturated carbocycles. The van der Waals surface area contributed by atoms with Gasteiger partial charge in [-0.1, -0.05) is 41.9 Å². The first kappa shape index (κ1) is 15.6. The van der Waals surface area contributed by atoms with Gasteiger partial charge in [0.15, 0.2) is 5.88 Å². The lowest BCUT2D eigenvalue weighted by Crippen LogP contribution is -2.17. The van der Waals surface area contributed by atoms with Crippen molar-refractivity contribution in [2.75, 3.05) is 7.11 Å². The van der Waals surface area contributed by atoms with Gasteiger partial charge in [-0.2, -0.15) is 0 Å². The molecule has 2 heterocycles. The van der Waals surface area contributed by atoms with Crippen molar-refractivity contribution in [3.8, 4) is 5.88 Å². The van der Waals surface area contributed by atoms with Crippen LogP contribution in [0, 0.1) is 0 Å². The Morgan fingerprint density at radius 3 is 2.43 bits per heavy atom. The van der Waals surface area contributed by atoms with Gasteiger partial charge in [0, 0.05) is 11.3 Å². The van der Waals surface area contributed by atoms with Gasteiger partial charge in [-0.05, 0) is 29.8 Å². The van der Waals surface area contributed by atoms with Gasteiger partial charge in [0.05, 0.1) is 12.8 Å². The second-order valence-electron chi connectivity index (χ2n) is 4.80. The maximum atomic E-state index is 13.5. The highest BCUT2D eigenvalue weighted by atomic mass is 35.5. The fourth-order valence-corrected chi connectivity index (χ4v) is 2.66. The molecule has 3 rings (SSSR count). The molecule has 0 fully saturated rings. The second kappa shape index (κ2) is 6.42. The fourth-order valence-electron chi connectivity index (χ4n) is 2.51. The lowest BCUT2D eigenvalue weighted by molar-refractivity contribution is 0.387. The first-order chi connectivity index (χ1) is 11.1. The average Bonchev–Trinajstić information content (AvgIpc) is 3.15. The van der Waals surface area contributed by atoms with Crippen molar-refractivity contribution in [2.45, 2.75) is 0 Å². The van der Waals surface area contributed by atoms with Crippen LogP contribution < -0.4 is 4.74 Å². The maximum absolute atomic E-state index is 13.5.